The maximum Gasteiger partial charge on any atom is 0.357 e. The standard InChI is InChI=1S/C22H19BrN4O3.C22H19BrN4O2S.C15H13ClN4O3.C15H13ClN4O2S.C15H14N4O3.C15H14N4O2S/c2*1-12(2)15-9-4-5-10-16(15)27-19(17(23)18(26-27)22(28)29)21-25-24-20(30-21)14-8-6-7-13(3)11-14;2*1-8-4-3-5-10(6-8)14-17-18-15(23-14)13-12(16)9(2)19-20(13)7-11(21)22;2*1-9-4-3-5-11(6-9)14-16-17-15(22-14)12-7-10(2)18-19(12)8-13(20)21/h2*4-12H,1-3H3,(H,28,29);2*3-6H,7H2,1-2H3,(H,21,22);2*3-7H,8H2,1-2H3,(H,20,21). The van der Waals surface area contributed by atoms with Gasteiger partial charge in [0.1, 0.15) is 69.7 Å². The Kier molecular flexibility index (Phi) is 34.1. The van der Waals surface area contributed by atoms with Crippen molar-refractivity contribution in [2.75, 3.05) is 0 Å². The highest BCUT2D eigenvalue weighted by Crippen LogP contribution is 2.43. The van der Waals surface area contributed by atoms with Crippen LogP contribution < -0.4 is 0 Å². The second-order valence-electron chi connectivity index (χ2n) is 34.6. The van der Waals surface area contributed by atoms with Gasteiger partial charge in [-0.05, 0) is 203 Å². The molecule has 0 radical (unpaired) electrons. The van der Waals surface area contributed by atoms with Crippen LogP contribution in [-0.4, -0.2) is 186 Å². The van der Waals surface area contributed by atoms with Crippen molar-refractivity contribution in [3.05, 3.63) is 304 Å². The zero-order chi connectivity index (χ0) is 107. The average Bonchev–Trinajstić information content (AvgIpc) is 1.61. The predicted octanol–water partition coefficient (Wildman–Crippen LogP) is 22.9. The van der Waals surface area contributed by atoms with Gasteiger partial charge in [-0.25, -0.2) is 33.0 Å². The van der Waals surface area contributed by atoms with Gasteiger partial charge in [-0.3, -0.25) is 23.9 Å². The van der Waals surface area contributed by atoms with Crippen LogP contribution in [0.4, 0.5) is 0 Å². The van der Waals surface area contributed by atoms with Crippen LogP contribution in [0.1, 0.15) is 128 Å². The zero-order valence-electron chi connectivity index (χ0n) is 82.4. The third kappa shape index (κ3) is 25.6. The first-order valence-electron chi connectivity index (χ1n) is 45.8. The molecule has 0 unspecified atom stereocenters. The van der Waals surface area contributed by atoms with Crippen LogP contribution >= 0.6 is 89.1 Å². The largest absolute Gasteiger partial charge is 0.480 e. The number of rotatable bonds is 26. The van der Waals surface area contributed by atoms with E-state index in [-0.39, 0.29) is 71.5 Å². The van der Waals surface area contributed by atoms with Crippen molar-refractivity contribution in [3.63, 3.8) is 0 Å². The Morgan fingerprint density at radius 1 is 0.307 bits per heavy atom. The fourth-order valence-corrected chi connectivity index (χ4v) is 19.8. The molecule has 0 saturated heterocycles. The van der Waals surface area contributed by atoms with Crippen LogP contribution in [0.5, 0.6) is 0 Å². The Hall–Kier alpha value is -16.5. The van der Waals surface area contributed by atoms with Gasteiger partial charge in [-0.15, -0.1) is 61.2 Å². The number of carboxylic acid groups (broad SMARTS) is 6. The molecule has 0 fully saturated rings. The van der Waals surface area contributed by atoms with Gasteiger partial charge in [-0.2, -0.15) is 30.6 Å². The molecule has 20 aromatic rings. The Bertz CT molecular complexity index is 7930. The lowest BCUT2D eigenvalue weighted by atomic mass is 10.0. The highest BCUT2D eigenvalue weighted by molar-refractivity contribution is 9.11. The van der Waals surface area contributed by atoms with Crippen LogP contribution in [-0.2, 0) is 45.4 Å². The maximum absolute atomic E-state index is 11.8. The zero-order valence-corrected chi connectivity index (χ0v) is 89.6. The molecular weight excluding hydrogens is 2150 g/mol. The molecular formula is C104H92Br2Cl2N24O15S3. The van der Waals surface area contributed by atoms with Gasteiger partial charge in [0.25, 0.3) is 17.7 Å². The molecule has 0 atom stereocenters. The van der Waals surface area contributed by atoms with Gasteiger partial charge < -0.3 is 43.9 Å². The topological polar surface area (TPSA) is 525 Å². The summed E-state index contributed by atoms with van der Waals surface area (Å²) in [6.45, 7) is 26.2. The molecule has 0 saturated carbocycles. The normalized spacial score (nSPS) is 11.0. The van der Waals surface area contributed by atoms with Crippen molar-refractivity contribution in [2.45, 2.75) is 135 Å². The van der Waals surface area contributed by atoms with E-state index in [1.165, 1.54) is 52.7 Å². The number of benzene rings is 8. The Morgan fingerprint density at radius 2 is 0.600 bits per heavy atom. The molecule has 8 aromatic carbocycles. The summed E-state index contributed by atoms with van der Waals surface area (Å²) in [5, 5.41) is 135. The summed E-state index contributed by atoms with van der Waals surface area (Å²) in [7, 11) is 0. The summed E-state index contributed by atoms with van der Waals surface area (Å²) in [4.78, 5) is 67.4. The molecule has 20 rings (SSSR count). The van der Waals surface area contributed by atoms with E-state index in [2.05, 4.69) is 151 Å². The fraction of sp³-hybridized carbons (Fsp3) is 0.192. The lowest BCUT2D eigenvalue weighted by molar-refractivity contribution is -0.138. The molecule has 0 spiro atoms. The molecule has 12 heterocycles. The number of hydrogen-bond acceptors (Lipinski definition) is 30. The highest BCUT2D eigenvalue weighted by atomic mass is 79.9. The van der Waals surface area contributed by atoms with E-state index >= 15 is 0 Å². The van der Waals surface area contributed by atoms with E-state index in [1.807, 2.05) is 249 Å². The van der Waals surface area contributed by atoms with E-state index in [0.29, 0.717) is 98.5 Å². The van der Waals surface area contributed by atoms with Gasteiger partial charge >= 0.3 is 35.8 Å². The van der Waals surface area contributed by atoms with Crippen LogP contribution in [0.15, 0.2) is 228 Å². The van der Waals surface area contributed by atoms with Gasteiger partial charge in [0.2, 0.25) is 17.7 Å². The minimum absolute atomic E-state index is 0.0594. The molecule has 0 aliphatic heterocycles. The molecule has 6 N–H and O–H groups in total. The Labute approximate surface area is 894 Å². The first kappa shape index (κ1) is 108. The minimum Gasteiger partial charge on any atom is -0.480 e. The van der Waals surface area contributed by atoms with Gasteiger partial charge in [0.15, 0.2) is 26.4 Å². The molecule has 0 aliphatic rings. The van der Waals surface area contributed by atoms with Crippen molar-refractivity contribution in [1.29, 1.82) is 0 Å². The van der Waals surface area contributed by atoms with Gasteiger partial charge in [0, 0.05) is 33.4 Å². The number of aromatic nitrogens is 24. The quantitative estimate of drug-likeness (QED) is 0.0293. The highest BCUT2D eigenvalue weighted by Gasteiger charge is 2.33. The van der Waals surface area contributed by atoms with Crippen molar-refractivity contribution in [3.8, 4) is 144 Å². The number of nitrogens with zero attached hydrogens (tertiary/aromatic N) is 24. The third-order valence-electron chi connectivity index (χ3n) is 22.1. The van der Waals surface area contributed by atoms with Crippen molar-refractivity contribution in [1.82, 2.24) is 120 Å². The summed E-state index contributed by atoms with van der Waals surface area (Å²) in [6, 6.07) is 66.2. The van der Waals surface area contributed by atoms with Gasteiger partial charge in [0.05, 0.1) is 58.8 Å². The number of carboxylic acids is 6. The van der Waals surface area contributed by atoms with E-state index < -0.39 is 35.8 Å². The molecule has 0 aliphatic carbocycles. The monoisotopic (exact) mass is 2240 g/mol. The molecule has 764 valence electrons. The number of para-hydroxylation sites is 2. The second-order valence-corrected chi connectivity index (χ2v) is 39.9. The second kappa shape index (κ2) is 47.5. The van der Waals surface area contributed by atoms with E-state index in [4.69, 9.17) is 56.9 Å². The number of carbonyl (C=O) groups is 6. The van der Waals surface area contributed by atoms with E-state index in [1.54, 1.807) is 36.2 Å². The first-order chi connectivity index (χ1) is 71.7. The van der Waals surface area contributed by atoms with Gasteiger partial charge in [-0.1, -0.05) is 246 Å². The SMILES string of the molecule is Cc1cccc(-c2nnc(-c3c(Br)c(C(=O)O)nn3-c3ccccc3C(C)C)o2)c1.Cc1cccc(-c2nnc(-c3c(Br)c(C(=O)O)nn3-c3ccccc3C(C)C)s2)c1.Cc1cccc(-c2nnc(-c3c(Cl)c(C)nn3CC(=O)O)o2)c1.Cc1cccc(-c2nnc(-c3c(Cl)c(C)nn3CC(=O)O)s2)c1.Cc1cccc(-c2nnc(-c3cc(C)nn3CC(=O)O)o2)c1.Cc1cccc(-c2nnc(-c3cc(C)nn3CC(=O)O)s2)c1. The lowest BCUT2D eigenvalue weighted by Gasteiger charge is -2.14. The van der Waals surface area contributed by atoms with Crippen LogP contribution in [0.3, 0.4) is 0 Å². The molecule has 150 heavy (non-hydrogen) atoms. The fourth-order valence-electron chi connectivity index (χ4n) is 15.4. The Morgan fingerprint density at radius 3 is 0.987 bits per heavy atom. The molecule has 0 amide bonds. The summed E-state index contributed by atoms with van der Waals surface area (Å²) in [5.74, 6) is -4.13. The van der Waals surface area contributed by atoms with E-state index in [0.717, 1.165) is 110 Å². The number of aliphatic carboxylic acids is 4. The molecule has 12 aromatic heterocycles. The lowest BCUT2D eigenvalue weighted by Crippen LogP contribution is -2.11. The Balaban J connectivity index is 0.000000135. The number of aromatic carboxylic acids is 2. The number of aryl methyl sites for hydroxylation is 10. The van der Waals surface area contributed by atoms with Crippen LogP contribution in [0.25, 0.3) is 144 Å². The van der Waals surface area contributed by atoms with Crippen molar-refractivity contribution in [2.24, 2.45) is 0 Å². The van der Waals surface area contributed by atoms with Crippen molar-refractivity contribution < 1.29 is 72.7 Å². The van der Waals surface area contributed by atoms with Crippen molar-refractivity contribution >= 4 is 125 Å². The average molecular weight is 2240 g/mol. The van der Waals surface area contributed by atoms with E-state index in [9.17, 15) is 39.0 Å². The third-order valence-corrected chi connectivity index (χ3v) is 27.4. The number of hydrogen-bond donors (Lipinski definition) is 6. The van der Waals surface area contributed by atoms with Crippen LogP contribution in [0, 0.1) is 69.2 Å². The summed E-state index contributed by atoms with van der Waals surface area (Å²) in [5.41, 5.74) is 20.9. The smallest absolute Gasteiger partial charge is 0.357 e. The predicted molar refractivity (Wildman–Crippen MR) is 571 cm³/mol. The maximum atomic E-state index is 11.8. The summed E-state index contributed by atoms with van der Waals surface area (Å²) in [6.07, 6.45) is 0. The minimum atomic E-state index is -1.15. The molecule has 46 heteroatoms. The summed E-state index contributed by atoms with van der Waals surface area (Å²) < 4.78 is 26.5. The summed E-state index contributed by atoms with van der Waals surface area (Å²) >= 11 is 23.5. The molecule has 39 nitrogen and oxygen atoms in total. The number of halogens is 4. The van der Waals surface area contributed by atoms with Crippen LogP contribution in [0.2, 0.25) is 10.0 Å². The first-order valence-corrected chi connectivity index (χ1v) is 50.6. The molecule has 0 bridgehead atoms.